The molecule has 1 N–H and O–H groups in total. The Kier molecular flexibility index (Phi) is 3.22. The van der Waals surface area contributed by atoms with E-state index in [9.17, 15) is 0 Å². The van der Waals surface area contributed by atoms with Crippen molar-refractivity contribution in [3.8, 4) is 11.4 Å². The highest BCUT2D eigenvalue weighted by atomic mass is 14.9. The van der Waals surface area contributed by atoms with Gasteiger partial charge >= 0.3 is 0 Å². The Labute approximate surface area is 94.8 Å². The van der Waals surface area contributed by atoms with E-state index in [0.29, 0.717) is 0 Å². The second-order valence-corrected chi connectivity index (χ2v) is 3.59. The van der Waals surface area contributed by atoms with Crippen LogP contribution in [0.5, 0.6) is 0 Å². The van der Waals surface area contributed by atoms with Crippen LogP contribution in [0.2, 0.25) is 0 Å². The van der Waals surface area contributed by atoms with Gasteiger partial charge in [-0.2, -0.15) is 0 Å². The maximum absolute atomic E-state index is 4.49. The molecule has 4 heteroatoms. The molecule has 0 saturated carbocycles. The molecule has 2 aromatic rings. The standard InChI is InChI=1S/C12H14N4/c1-9-7-14-5-4-11(9)12-15-6-3-10(16-12)8-13-2/h3-7,13H,8H2,1-2H3. The largest absolute Gasteiger partial charge is 0.314 e. The molecule has 0 fully saturated rings. The third kappa shape index (κ3) is 2.23. The van der Waals surface area contributed by atoms with Crippen molar-refractivity contribution >= 4 is 0 Å². The summed E-state index contributed by atoms with van der Waals surface area (Å²) in [6.45, 7) is 2.76. The van der Waals surface area contributed by atoms with Crippen LogP contribution in [0.1, 0.15) is 11.3 Å². The first-order valence-corrected chi connectivity index (χ1v) is 5.19. The van der Waals surface area contributed by atoms with Gasteiger partial charge in [-0.3, -0.25) is 4.98 Å². The summed E-state index contributed by atoms with van der Waals surface area (Å²) in [5.74, 6) is 0.757. The molecular formula is C12H14N4. The van der Waals surface area contributed by atoms with Gasteiger partial charge in [-0.25, -0.2) is 9.97 Å². The van der Waals surface area contributed by atoms with Gasteiger partial charge in [0.15, 0.2) is 5.82 Å². The van der Waals surface area contributed by atoms with E-state index in [-0.39, 0.29) is 0 Å². The van der Waals surface area contributed by atoms with Crippen LogP contribution >= 0.6 is 0 Å². The molecule has 0 radical (unpaired) electrons. The zero-order chi connectivity index (χ0) is 11.4. The van der Waals surface area contributed by atoms with Crippen LogP contribution in [0.3, 0.4) is 0 Å². The number of rotatable bonds is 3. The molecule has 0 bridgehead atoms. The molecule has 16 heavy (non-hydrogen) atoms. The SMILES string of the molecule is CNCc1ccnc(-c2ccncc2C)n1. The van der Waals surface area contributed by atoms with Gasteiger partial charge in [0.25, 0.3) is 0 Å². The summed E-state index contributed by atoms with van der Waals surface area (Å²) in [5, 5.41) is 3.07. The van der Waals surface area contributed by atoms with Gasteiger partial charge in [0.1, 0.15) is 0 Å². The van der Waals surface area contributed by atoms with Gasteiger partial charge in [0.05, 0.1) is 5.69 Å². The Balaban J connectivity index is 2.40. The van der Waals surface area contributed by atoms with Gasteiger partial charge in [0, 0.05) is 30.7 Å². The monoisotopic (exact) mass is 214 g/mol. The van der Waals surface area contributed by atoms with Crippen LogP contribution in [0.15, 0.2) is 30.7 Å². The van der Waals surface area contributed by atoms with Crippen LogP contribution in [-0.2, 0) is 6.54 Å². The second kappa shape index (κ2) is 4.81. The molecule has 0 amide bonds. The van der Waals surface area contributed by atoms with E-state index in [1.807, 2.05) is 32.3 Å². The second-order valence-electron chi connectivity index (χ2n) is 3.59. The van der Waals surface area contributed by atoms with Crippen molar-refractivity contribution in [2.45, 2.75) is 13.5 Å². The normalized spacial score (nSPS) is 10.4. The fourth-order valence-electron chi connectivity index (χ4n) is 1.53. The predicted octanol–water partition coefficient (Wildman–Crippen LogP) is 1.57. The van der Waals surface area contributed by atoms with Gasteiger partial charge < -0.3 is 5.32 Å². The van der Waals surface area contributed by atoms with Gasteiger partial charge in [-0.05, 0) is 31.7 Å². The van der Waals surface area contributed by atoms with Crippen molar-refractivity contribution in [1.29, 1.82) is 0 Å². The lowest BCUT2D eigenvalue weighted by atomic mass is 10.1. The van der Waals surface area contributed by atoms with Crippen LogP contribution < -0.4 is 5.32 Å². The quantitative estimate of drug-likeness (QED) is 0.842. The minimum atomic E-state index is 0.750. The first-order valence-electron chi connectivity index (χ1n) is 5.19. The molecule has 2 heterocycles. The minimum absolute atomic E-state index is 0.750. The van der Waals surface area contributed by atoms with Gasteiger partial charge in [-0.15, -0.1) is 0 Å². The number of nitrogens with zero attached hydrogens (tertiary/aromatic N) is 3. The number of hydrogen-bond acceptors (Lipinski definition) is 4. The summed E-state index contributed by atoms with van der Waals surface area (Å²) in [5.41, 5.74) is 3.11. The molecule has 0 aromatic carbocycles. The molecule has 0 aliphatic rings. The van der Waals surface area contributed by atoms with Crippen molar-refractivity contribution in [2.24, 2.45) is 0 Å². The summed E-state index contributed by atoms with van der Waals surface area (Å²) >= 11 is 0. The van der Waals surface area contributed by atoms with Crippen molar-refractivity contribution < 1.29 is 0 Å². The van der Waals surface area contributed by atoms with Gasteiger partial charge in [-0.1, -0.05) is 0 Å². The lowest BCUT2D eigenvalue weighted by molar-refractivity contribution is 0.787. The third-order valence-corrected chi connectivity index (χ3v) is 2.33. The topological polar surface area (TPSA) is 50.7 Å². The number of nitrogens with one attached hydrogen (secondary N) is 1. The maximum Gasteiger partial charge on any atom is 0.159 e. The van der Waals surface area contributed by atoms with Gasteiger partial charge in [0.2, 0.25) is 0 Å². The molecule has 0 saturated heterocycles. The molecule has 0 unspecified atom stereocenters. The van der Waals surface area contributed by atoms with E-state index in [1.54, 1.807) is 12.4 Å². The lowest BCUT2D eigenvalue weighted by Crippen LogP contribution is -2.07. The van der Waals surface area contributed by atoms with Crippen LogP contribution in [0.4, 0.5) is 0 Å². The number of pyridine rings is 1. The van der Waals surface area contributed by atoms with Crippen molar-refractivity contribution in [3.05, 3.63) is 42.0 Å². The smallest absolute Gasteiger partial charge is 0.159 e. The van der Waals surface area contributed by atoms with E-state index in [1.165, 1.54) is 0 Å². The molecule has 0 spiro atoms. The summed E-state index contributed by atoms with van der Waals surface area (Å²) in [6, 6.07) is 3.85. The third-order valence-electron chi connectivity index (χ3n) is 2.33. The highest BCUT2D eigenvalue weighted by Gasteiger charge is 2.04. The summed E-state index contributed by atoms with van der Waals surface area (Å²) in [6.07, 6.45) is 5.37. The molecule has 0 aliphatic heterocycles. The van der Waals surface area contributed by atoms with Crippen molar-refractivity contribution in [2.75, 3.05) is 7.05 Å². The summed E-state index contributed by atoms with van der Waals surface area (Å²) < 4.78 is 0. The van der Waals surface area contributed by atoms with Crippen molar-refractivity contribution in [1.82, 2.24) is 20.3 Å². The fourth-order valence-corrected chi connectivity index (χ4v) is 1.53. The Hall–Kier alpha value is -1.81. The van der Waals surface area contributed by atoms with Crippen LogP contribution in [0, 0.1) is 6.92 Å². The Morgan fingerprint density at radius 2 is 2.12 bits per heavy atom. The minimum Gasteiger partial charge on any atom is -0.314 e. The van der Waals surface area contributed by atoms with E-state index < -0.39 is 0 Å². The predicted molar refractivity (Wildman–Crippen MR) is 62.8 cm³/mol. The van der Waals surface area contributed by atoms with E-state index in [0.717, 1.165) is 29.2 Å². The highest BCUT2D eigenvalue weighted by molar-refractivity contribution is 5.58. The van der Waals surface area contributed by atoms with Crippen LogP contribution in [0.25, 0.3) is 11.4 Å². The Bertz CT molecular complexity index is 482. The average Bonchev–Trinajstić information content (AvgIpc) is 2.30. The Morgan fingerprint density at radius 3 is 2.88 bits per heavy atom. The van der Waals surface area contributed by atoms with E-state index in [2.05, 4.69) is 20.3 Å². The van der Waals surface area contributed by atoms with E-state index >= 15 is 0 Å². The molecule has 2 rings (SSSR count). The zero-order valence-corrected chi connectivity index (χ0v) is 9.44. The highest BCUT2D eigenvalue weighted by Crippen LogP contribution is 2.17. The van der Waals surface area contributed by atoms with E-state index in [4.69, 9.17) is 0 Å². The molecule has 4 nitrogen and oxygen atoms in total. The van der Waals surface area contributed by atoms with Crippen molar-refractivity contribution in [3.63, 3.8) is 0 Å². The first-order chi connectivity index (χ1) is 7.81. The number of aryl methyl sites for hydroxylation is 1. The summed E-state index contributed by atoms with van der Waals surface area (Å²) in [7, 11) is 1.90. The zero-order valence-electron chi connectivity index (χ0n) is 9.44. The Morgan fingerprint density at radius 1 is 1.25 bits per heavy atom. The average molecular weight is 214 g/mol. The molecular weight excluding hydrogens is 200 g/mol. The molecule has 82 valence electrons. The number of aromatic nitrogens is 3. The van der Waals surface area contributed by atoms with Crippen LogP contribution in [-0.4, -0.2) is 22.0 Å². The lowest BCUT2D eigenvalue weighted by Gasteiger charge is -2.05. The number of hydrogen-bond donors (Lipinski definition) is 1. The first kappa shape index (κ1) is 10.7. The molecule has 2 aromatic heterocycles. The maximum atomic E-state index is 4.49. The molecule has 0 aliphatic carbocycles. The summed E-state index contributed by atoms with van der Waals surface area (Å²) in [4.78, 5) is 12.8. The fraction of sp³-hybridized carbons (Fsp3) is 0.250. The molecule has 0 atom stereocenters.